The summed E-state index contributed by atoms with van der Waals surface area (Å²) in [6.07, 6.45) is 2.20. The Hall–Kier alpha value is -0.910. The highest BCUT2D eigenvalue weighted by Gasteiger charge is 2.14. The average molecular weight is 369 g/mol. The van der Waals surface area contributed by atoms with Gasteiger partial charge >= 0.3 is 0 Å². The summed E-state index contributed by atoms with van der Waals surface area (Å²) in [6.45, 7) is 2.19. The van der Waals surface area contributed by atoms with Crippen molar-refractivity contribution >= 4 is 50.2 Å². The molecule has 20 heavy (non-hydrogen) atoms. The zero-order valence-corrected chi connectivity index (χ0v) is 14.4. The number of benzene rings is 1. The van der Waals surface area contributed by atoms with Crippen LogP contribution in [0.15, 0.2) is 40.2 Å². The number of rotatable bonds is 6. The molecule has 0 aliphatic rings. The van der Waals surface area contributed by atoms with Gasteiger partial charge in [0.2, 0.25) is 0 Å². The van der Waals surface area contributed by atoms with Crippen LogP contribution in [0.25, 0.3) is 0 Å². The molecule has 0 fully saturated rings. The van der Waals surface area contributed by atoms with E-state index in [9.17, 15) is 0 Å². The van der Waals surface area contributed by atoms with Gasteiger partial charge in [0.25, 0.3) is 0 Å². The Kier molecular flexibility index (Phi) is 5.57. The predicted octanol–water partition coefficient (Wildman–Crippen LogP) is 5.10. The summed E-state index contributed by atoms with van der Waals surface area (Å²) >= 11 is 10.4. The fraction of sp³-hybridized carbons (Fsp3) is 0.267. The van der Waals surface area contributed by atoms with Crippen LogP contribution in [0, 0.1) is 0 Å². The van der Waals surface area contributed by atoms with Crippen molar-refractivity contribution in [2.24, 2.45) is 5.73 Å². The molecule has 0 aliphatic carbocycles. The maximum atomic E-state index is 5.83. The van der Waals surface area contributed by atoms with Crippen molar-refractivity contribution in [1.82, 2.24) is 0 Å². The van der Waals surface area contributed by atoms with E-state index in [4.69, 9.17) is 18.0 Å². The third-order valence-electron chi connectivity index (χ3n) is 3.04. The van der Waals surface area contributed by atoms with E-state index in [1.54, 1.807) is 11.3 Å². The lowest BCUT2D eigenvalue weighted by molar-refractivity contribution is 0.687. The number of hydrogen-bond donors (Lipinski definition) is 2. The van der Waals surface area contributed by atoms with E-state index >= 15 is 0 Å². The Morgan fingerprint density at radius 1 is 1.45 bits per heavy atom. The third kappa shape index (κ3) is 3.81. The molecule has 2 rings (SSSR count). The minimum Gasteiger partial charge on any atom is -0.389 e. The summed E-state index contributed by atoms with van der Waals surface area (Å²) in [6, 6.07) is 10.5. The second-order valence-electron chi connectivity index (χ2n) is 4.56. The molecule has 1 unspecified atom stereocenters. The highest BCUT2D eigenvalue weighted by Crippen LogP contribution is 2.30. The van der Waals surface area contributed by atoms with Gasteiger partial charge in [0.1, 0.15) is 4.99 Å². The quantitative estimate of drug-likeness (QED) is 0.696. The number of hydrogen-bond acceptors (Lipinski definition) is 3. The van der Waals surface area contributed by atoms with Crippen molar-refractivity contribution in [1.29, 1.82) is 0 Å². The fourth-order valence-corrected chi connectivity index (χ4v) is 3.44. The minimum absolute atomic E-state index is 0.300. The van der Waals surface area contributed by atoms with Gasteiger partial charge in [0, 0.05) is 20.6 Å². The van der Waals surface area contributed by atoms with E-state index in [0.29, 0.717) is 11.0 Å². The lowest BCUT2D eigenvalue weighted by Crippen LogP contribution is -2.16. The van der Waals surface area contributed by atoms with Gasteiger partial charge in [-0.05, 0) is 36.1 Å². The summed E-state index contributed by atoms with van der Waals surface area (Å²) in [5.74, 6) is 0. The van der Waals surface area contributed by atoms with Gasteiger partial charge in [-0.2, -0.15) is 0 Å². The molecule has 1 heterocycles. The number of thiocarbonyl (C=S) groups is 1. The van der Waals surface area contributed by atoms with Crippen LogP contribution in [0.4, 0.5) is 5.69 Å². The first kappa shape index (κ1) is 15.5. The van der Waals surface area contributed by atoms with Gasteiger partial charge in [-0.1, -0.05) is 47.6 Å². The predicted molar refractivity (Wildman–Crippen MR) is 95.6 cm³/mol. The zero-order chi connectivity index (χ0) is 14.5. The molecule has 2 nitrogen and oxygen atoms in total. The van der Waals surface area contributed by atoms with Crippen molar-refractivity contribution in [3.63, 3.8) is 0 Å². The first-order chi connectivity index (χ1) is 9.61. The smallest absolute Gasteiger partial charge is 0.106 e. The second kappa shape index (κ2) is 7.20. The number of nitrogens with two attached hydrogens (primary N) is 1. The number of halogens is 1. The molecule has 3 N–H and O–H groups in total. The van der Waals surface area contributed by atoms with Gasteiger partial charge in [-0.15, -0.1) is 11.3 Å². The van der Waals surface area contributed by atoms with Gasteiger partial charge in [0.05, 0.1) is 6.04 Å². The monoisotopic (exact) mass is 368 g/mol. The van der Waals surface area contributed by atoms with E-state index in [1.807, 2.05) is 18.2 Å². The van der Waals surface area contributed by atoms with Crippen molar-refractivity contribution in [2.75, 3.05) is 5.32 Å². The molecule has 0 aliphatic heterocycles. The summed E-state index contributed by atoms with van der Waals surface area (Å²) < 4.78 is 0.981. The summed E-state index contributed by atoms with van der Waals surface area (Å²) in [7, 11) is 0. The standard InChI is InChI=1S/C15H17BrN2S2/c1-2-4-13(14-5-3-8-20-14)18-12-7-6-10(16)9-11(12)15(17)19/h3,5-9,13,18H,2,4H2,1H3,(H2,17,19). The molecule has 0 amide bonds. The van der Waals surface area contributed by atoms with E-state index in [0.717, 1.165) is 28.6 Å². The molecular formula is C15H17BrN2S2. The highest BCUT2D eigenvalue weighted by atomic mass is 79.9. The fourth-order valence-electron chi connectivity index (χ4n) is 2.10. The molecule has 1 atom stereocenters. The summed E-state index contributed by atoms with van der Waals surface area (Å²) in [4.78, 5) is 1.75. The van der Waals surface area contributed by atoms with Crippen LogP contribution >= 0.6 is 39.5 Å². The molecule has 106 valence electrons. The molecule has 0 spiro atoms. The Labute approximate surface area is 137 Å². The maximum Gasteiger partial charge on any atom is 0.106 e. The number of nitrogens with one attached hydrogen (secondary N) is 1. The van der Waals surface area contributed by atoms with Gasteiger partial charge in [0.15, 0.2) is 0 Å². The van der Waals surface area contributed by atoms with Crippen LogP contribution in [0.3, 0.4) is 0 Å². The topological polar surface area (TPSA) is 38.0 Å². The molecule has 0 saturated heterocycles. The van der Waals surface area contributed by atoms with Gasteiger partial charge in [-0.25, -0.2) is 0 Å². The molecule has 0 saturated carbocycles. The van der Waals surface area contributed by atoms with Crippen molar-refractivity contribution in [3.05, 3.63) is 50.6 Å². The number of anilines is 1. The first-order valence-electron chi connectivity index (χ1n) is 6.51. The molecule has 5 heteroatoms. The number of thiophene rings is 1. The SMILES string of the molecule is CCCC(Nc1ccc(Br)cc1C(N)=S)c1cccs1. The van der Waals surface area contributed by atoms with E-state index in [-0.39, 0.29) is 0 Å². The van der Waals surface area contributed by atoms with Crippen molar-refractivity contribution < 1.29 is 0 Å². The molecular weight excluding hydrogens is 352 g/mol. The molecule has 1 aromatic carbocycles. The van der Waals surface area contributed by atoms with E-state index in [1.165, 1.54) is 4.88 Å². The lowest BCUT2D eigenvalue weighted by atomic mass is 10.1. The Morgan fingerprint density at radius 3 is 2.85 bits per heavy atom. The molecule has 1 aromatic heterocycles. The highest BCUT2D eigenvalue weighted by molar-refractivity contribution is 9.10. The average Bonchev–Trinajstić information content (AvgIpc) is 2.93. The minimum atomic E-state index is 0.300. The van der Waals surface area contributed by atoms with Crippen LogP contribution in [0.1, 0.15) is 36.2 Å². The summed E-state index contributed by atoms with van der Waals surface area (Å²) in [5.41, 5.74) is 7.70. The van der Waals surface area contributed by atoms with Crippen LogP contribution in [0.2, 0.25) is 0 Å². The molecule has 0 radical (unpaired) electrons. The lowest BCUT2D eigenvalue weighted by Gasteiger charge is -2.20. The van der Waals surface area contributed by atoms with E-state index < -0.39 is 0 Å². The third-order valence-corrected chi connectivity index (χ3v) is 4.74. The van der Waals surface area contributed by atoms with Crippen molar-refractivity contribution in [3.8, 4) is 0 Å². The molecule has 2 aromatic rings. The Bertz CT molecular complexity index is 582. The second-order valence-corrected chi connectivity index (χ2v) is 6.89. The first-order valence-corrected chi connectivity index (χ1v) is 8.59. The normalized spacial score (nSPS) is 12.1. The Morgan fingerprint density at radius 2 is 2.25 bits per heavy atom. The van der Waals surface area contributed by atoms with Crippen LogP contribution in [-0.4, -0.2) is 4.99 Å². The zero-order valence-electron chi connectivity index (χ0n) is 11.2. The van der Waals surface area contributed by atoms with Crippen molar-refractivity contribution in [2.45, 2.75) is 25.8 Å². The van der Waals surface area contributed by atoms with Crippen LogP contribution < -0.4 is 11.1 Å². The molecule has 0 bridgehead atoms. The van der Waals surface area contributed by atoms with Gasteiger partial charge in [-0.3, -0.25) is 0 Å². The van der Waals surface area contributed by atoms with E-state index in [2.05, 4.69) is 45.7 Å². The largest absolute Gasteiger partial charge is 0.389 e. The van der Waals surface area contributed by atoms with Crippen LogP contribution in [-0.2, 0) is 0 Å². The summed E-state index contributed by atoms with van der Waals surface area (Å²) in [5, 5.41) is 5.69. The Balaban J connectivity index is 2.29. The van der Waals surface area contributed by atoms with Gasteiger partial charge < -0.3 is 11.1 Å². The van der Waals surface area contributed by atoms with Crippen LogP contribution in [0.5, 0.6) is 0 Å². The maximum absolute atomic E-state index is 5.83.